The third-order valence-corrected chi connectivity index (χ3v) is 4.06. The number of hydrazine groups is 1. The number of rotatable bonds is 5. The summed E-state index contributed by atoms with van der Waals surface area (Å²) < 4.78 is 26.5. The lowest BCUT2D eigenvalue weighted by atomic mass is 9.83. The van der Waals surface area contributed by atoms with Crippen molar-refractivity contribution in [2.75, 3.05) is 0 Å². The lowest BCUT2D eigenvalue weighted by molar-refractivity contribution is 0.297. The van der Waals surface area contributed by atoms with Crippen molar-refractivity contribution in [1.82, 2.24) is 5.43 Å². The van der Waals surface area contributed by atoms with Gasteiger partial charge in [0.2, 0.25) is 0 Å². The molecule has 1 fully saturated rings. The maximum absolute atomic E-state index is 13.6. The molecule has 0 bridgehead atoms. The minimum Gasteiger partial charge on any atom is -0.271 e. The van der Waals surface area contributed by atoms with E-state index >= 15 is 0 Å². The van der Waals surface area contributed by atoms with Crippen LogP contribution in [0, 0.1) is 17.6 Å². The lowest BCUT2D eigenvalue weighted by Crippen LogP contribution is -2.38. The first-order valence-electron chi connectivity index (χ1n) is 7.09. The number of halogens is 2. The summed E-state index contributed by atoms with van der Waals surface area (Å²) in [5.41, 5.74) is 3.31. The average Bonchev–Trinajstić information content (AvgIpc) is 2.42. The highest BCUT2D eigenvalue weighted by Gasteiger charge is 2.19. The van der Waals surface area contributed by atoms with Gasteiger partial charge < -0.3 is 0 Å². The predicted octanol–water partition coefficient (Wildman–Crippen LogP) is 3.31. The molecule has 1 unspecified atom stereocenters. The second-order valence-electron chi connectivity index (χ2n) is 5.54. The van der Waals surface area contributed by atoms with Gasteiger partial charge in [0.25, 0.3) is 0 Å². The monoisotopic (exact) mass is 268 g/mol. The Kier molecular flexibility index (Phi) is 5.28. The van der Waals surface area contributed by atoms with E-state index in [9.17, 15) is 8.78 Å². The van der Waals surface area contributed by atoms with Crippen LogP contribution in [0.5, 0.6) is 0 Å². The van der Waals surface area contributed by atoms with Gasteiger partial charge in [-0.25, -0.2) is 8.78 Å². The molecular weight excluding hydrogens is 246 g/mol. The van der Waals surface area contributed by atoms with E-state index in [1.165, 1.54) is 44.2 Å². The van der Waals surface area contributed by atoms with Gasteiger partial charge in [0.15, 0.2) is 0 Å². The molecule has 1 atom stereocenters. The zero-order valence-electron chi connectivity index (χ0n) is 11.2. The van der Waals surface area contributed by atoms with Gasteiger partial charge in [0.05, 0.1) is 0 Å². The molecule has 1 aromatic carbocycles. The van der Waals surface area contributed by atoms with Crippen LogP contribution < -0.4 is 11.3 Å². The van der Waals surface area contributed by atoms with Crippen molar-refractivity contribution in [3.63, 3.8) is 0 Å². The topological polar surface area (TPSA) is 38.0 Å². The lowest BCUT2D eigenvalue weighted by Gasteiger charge is -2.26. The highest BCUT2D eigenvalue weighted by atomic mass is 19.1. The summed E-state index contributed by atoms with van der Waals surface area (Å²) in [7, 11) is 0. The molecule has 1 aromatic rings. The van der Waals surface area contributed by atoms with Crippen molar-refractivity contribution in [2.24, 2.45) is 11.8 Å². The van der Waals surface area contributed by atoms with Crippen molar-refractivity contribution in [3.8, 4) is 0 Å². The molecule has 0 aromatic heterocycles. The van der Waals surface area contributed by atoms with Gasteiger partial charge in [0.1, 0.15) is 11.6 Å². The van der Waals surface area contributed by atoms with E-state index in [1.54, 1.807) is 0 Å². The second kappa shape index (κ2) is 6.96. The maximum Gasteiger partial charge on any atom is 0.129 e. The molecule has 2 rings (SSSR count). The SMILES string of the molecule is NNC(Cc1ccc(F)cc1F)CC1CCCCC1. The van der Waals surface area contributed by atoms with Gasteiger partial charge in [0, 0.05) is 12.1 Å². The van der Waals surface area contributed by atoms with E-state index in [0.29, 0.717) is 17.9 Å². The van der Waals surface area contributed by atoms with Crippen LogP contribution in [0.25, 0.3) is 0 Å². The molecular formula is C15H22F2N2. The molecule has 2 nitrogen and oxygen atoms in total. The van der Waals surface area contributed by atoms with Crippen molar-refractivity contribution < 1.29 is 8.78 Å². The van der Waals surface area contributed by atoms with E-state index in [1.807, 2.05) is 0 Å². The van der Waals surface area contributed by atoms with Crippen molar-refractivity contribution in [2.45, 2.75) is 51.0 Å². The fourth-order valence-electron chi connectivity index (χ4n) is 2.99. The first kappa shape index (κ1) is 14.4. The Morgan fingerprint density at radius 2 is 1.95 bits per heavy atom. The molecule has 0 aliphatic heterocycles. The maximum atomic E-state index is 13.6. The summed E-state index contributed by atoms with van der Waals surface area (Å²) in [4.78, 5) is 0. The summed E-state index contributed by atoms with van der Waals surface area (Å²) in [5.74, 6) is 5.23. The number of nitrogens with two attached hydrogens (primary N) is 1. The van der Waals surface area contributed by atoms with Gasteiger partial charge in [-0.15, -0.1) is 0 Å². The quantitative estimate of drug-likeness (QED) is 0.635. The molecule has 1 aliphatic carbocycles. The minimum atomic E-state index is -0.536. The Labute approximate surface area is 113 Å². The molecule has 0 amide bonds. The summed E-state index contributed by atoms with van der Waals surface area (Å²) >= 11 is 0. The molecule has 3 N–H and O–H groups in total. The van der Waals surface area contributed by atoms with E-state index in [4.69, 9.17) is 5.84 Å². The van der Waals surface area contributed by atoms with E-state index in [0.717, 1.165) is 12.5 Å². The average molecular weight is 268 g/mol. The van der Waals surface area contributed by atoms with Crippen molar-refractivity contribution >= 4 is 0 Å². The zero-order chi connectivity index (χ0) is 13.7. The van der Waals surface area contributed by atoms with Gasteiger partial charge in [-0.3, -0.25) is 11.3 Å². The third kappa shape index (κ3) is 4.25. The van der Waals surface area contributed by atoms with E-state index in [2.05, 4.69) is 5.43 Å². The Morgan fingerprint density at radius 3 is 2.58 bits per heavy atom. The predicted molar refractivity (Wildman–Crippen MR) is 72.4 cm³/mol. The summed E-state index contributed by atoms with van der Waals surface area (Å²) in [6.45, 7) is 0. The zero-order valence-corrected chi connectivity index (χ0v) is 11.2. The summed E-state index contributed by atoms with van der Waals surface area (Å²) in [6, 6.07) is 3.80. The third-order valence-electron chi connectivity index (χ3n) is 4.06. The molecule has 0 heterocycles. The molecule has 1 saturated carbocycles. The Balaban J connectivity index is 1.94. The smallest absolute Gasteiger partial charge is 0.129 e. The van der Waals surface area contributed by atoms with Crippen molar-refractivity contribution in [1.29, 1.82) is 0 Å². The largest absolute Gasteiger partial charge is 0.271 e. The second-order valence-corrected chi connectivity index (χ2v) is 5.54. The normalized spacial score (nSPS) is 18.5. The molecule has 19 heavy (non-hydrogen) atoms. The minimum absolute atomic E-state index is 0.0584. The Morgan fingerprint density at radius 1 is 1.21 bits per heavy atom. The van der Waals surface area contributed by atoms with Gasteiger partial charge in [-0.2, -0.15) is 0 Å². The first-order chi connectivity index (χ1) is 9.19. The van der Waals surface area contributed by atoms with Crippen LogP contribution in [0.15, 0.2) is 18.2 Å². The van der Waals surface area contributed by atoms with Crippen LogP contribution in [0.3, 0.4) is 0 Å². The van der Waals surface area contributed by atoms with Crippen LogP contribution in [-0.4, -0.2) is 6.04 Å². The molecule has 0 saturated heterocycles. The van der Waals surface area contributed by atoms with Crippen LogP contribution in [-0.2, 0) is 6.42 Å². The standard InChI is InChI=1S/C15H22F2N2/c16-13-7-6-12(15(17)10-13)9-14(19-18)8-11-4-2-1-3-5-11/h6-7,10-11,14,19H,1-5,8-9,18H2. The van der Waals surface area contributed by atoms with Crippen LogP contribution in [0.2, 0.25) is 0 Å². The number of hydrogen-bond donors (Lipinski definition) is 2. The van der Waals surface area contributed by atoms with Crippen LogP contribution in [0.1, 0.15) is 44.1 Å². The fourth-order valence-corrected chi connectivity index (χ4v) is 2.99. The summed E-state index contributed by atoms with van der Waals surface area (Å²) in [5, 5.41) is 0. The van der Waals surface area contributed by atoms with Crippen LogP contribution in [0.4, 0.5) is 8.78 Å². The Bertz CT molecular complexity index is 403. The Hall–Kier alpha value is -1.00. The molecule has 4 heteroatoms. The van der Waals surface area contributed by atoms with Gasteiger partial charge in [-0.05, 0) is 30.4 Å². The van der Waals surface area contributed by atoms with E-state index in [-0.39, 0.29) is 6.04 Å². The highest BCUT2D eigenvalue weighted by molar-refractivity contribution is 5.19. The van der Waals surface area contributed by atoms with Crippen molar-refractivity contribution in [3.05, 3.63) is 35.4 Å². The van der Waals surface area contributed by atoms with Gasteiger partial charge >= 0.3 is 0 Å². The molecule has 0 spiro atoms. The fraction of sp³-hybridized carbons (Fsp3) is 0.600. The molecule has 1 aliphatic rings. The first-order valence-corrected chi connectivity index (χ1v) is 7.09. The number of nitrogens with one attached hydrogen (secondary N) is 1. The number of benzene rings is 1. The molecule has 106 valence electrons. The van der Waals surface area contributed by atoms with Crippen LogP contribution >= 0.6 is 0 Å². The van der Waals surface area contributed by atoms with Gasteiger partial charge in [-0.1, -0.05) is 38.2 Å². The molecule has 0 radical (unpaired) electrons. The van der Waals surface area contributed by atoms with E-state index < -0.39 is 11.6 Å². The number of hydrogen-bond acceptors (Lipinski definition) is 2. The highest BCUT2D eigenvalue weighted by Crippen LogP contribution is 2.28. The summed E-state index contributed by atoms with van der Waals surface area (Å²) in [6.07, 6.45) is 7.85.